The molecule has 0 aromatic carbocycles. The summed E-state index contributed by atoms with van der Waals surface area (Å²) in [6.07, 6.45) is 10.2. The summed E-state index contributed by atoms with van der Waals surface area (Å²) in [5.41, 5.74) is 1.82. The summed E-state index contributed by atoms with van der Waals surface area (Å²) in [4.78, 5) is 23.7. The molecule has 25 heavy (non-hydrogen) atoms. The van der Waals surface area contributed by atoms with Gasteiger partial charge in [0.05, 0.1) is 5.69 Å². The number of aryl methyl sites for hydroxylation is 1. The van der Waals surface area contributed by atoms with Crippen LogP contribution in [0.5, 0.6) is 0 Å². The van der Waals surface area contributed by atoms with Crippen LogP contribution in [-0.4, -0.2) is 39.9 Å². The minimum absolute atomic E-state index is 0.132. The molecule has 0 radical (unpaired) electrons. The third-order valence-corrected chi connectivity index (χ3v) is 5.13. The summed E-state index contributed by atoms with van der Waals surface area (Å²) in [5, 5.41) is 2.90. The molecule has 1 N–H and O–H groups in total. The zero-order valence-corrected chi connectivity index (χ0v) is 14.8. The van der Waals surface area contributed by atoms with Gasteiger partial charge in [-0.2, -0.15) is 0 Å². The molecule has 1 fully saturated rings. The SMILES string of the molecule is CNC(=O)[C@]1(CCCc2cccnc2)CCCN1Cc1ccccn1. The molecule has 3 heterocycles. The predicted octanol–water partition coefficient (Wildman–Crippen LogP) is 2.58. The molecule has 0 spiro atoms. The van der Waals surface area contributed by atoms with Crippen LogP contribution in [0, 0.1) is 0 Å². The Bertz CT molecular complexity index is 677. The second-order valence-corrected chi connectivity index (χ2v) is 6.67. The highest BCUT2D eigenvalue weighted by molar-refractivity contribution is 5.86. The van der Waals surface area contributed by atoms with Gasteiger partial charge in [-0.1, -0.05) is 12.1 Å². The molecule has 132 valence electrons. The highest BCUT2D eigenvalue weighted by Crippen LogP contribution is 2.35. The lowest BCUT2D eigenvalue weighted by Crippen LogP contribution is -2.54. The van der Waals surface area contributed by atoms with Gasteiger partial charge < -0.3 is 5.32 Å². The number of rotatable bonds is 7. The van der Waals surface area contributed by atoms with Crippen LogP contribution in [0.1, 0.15) is 36.9 Å². The van der Waals surface area contributed by atoms with E-state index >= 15 is 0 Å². The molecule has 1 aliphatic rings. The molecule has 3 rings (SSSR count). The monoisotopic (exact) mass is 338 g/mol. The van der Waals surface area contributed by atoms with E-state index in [0.717, 1.165) is 50.9 Å². The molecule has 0 unspecified atom stereocenters. The van der Waals surface area contributed by atoms with E-state index in [1.165, 1.54) is 5.56 Å². The van der Waals surface area contributed by atoms with Crippen LogP contribution in [0.3, 0.4) is 0 Å². The number of nitrogens with zero attached hydrogens (tertiary/aromatic N) is 3. The Morgan fingerprint density at radius 1 is 1.28 bits per heavy atom. The third-order valence-electron chi connectivity index (χ3n) is 5.13. The topological polar surface area (TPSA) is 58.1 Å². The number of likely N-dealkylation sites (N-methyl/N-ethyl adjacent to an activating group) is 1. The fourth-order valence-electron chi connectivity index (χ4n) is 3.87. The Morgan fingerprint density at radius 3 is 2.92 bits per heavy atom. The van der Waals surface area contributed by atoms with E-state index < -0.39 is 5.54 Å². The van der Waals surface area contributed by atoms with Gasteiger partial charge in [0.15, 0.2) is 0 Å². The molecular weight excluding hydrogens is 312 g/mol. The van der Waals surface area contributed by atoms with Crippen molar-refractivity contribution in [1.82, 2.24) is 20.2 Å². The summed E-state index contributed by atoms with van der Waals surface area (Å²) >= 11 is 0. The second-order valence-electron chi connectivity index (χ2n) is 6.67. The van der Waals surface area contributed by atoms with Crippen LogP contribution in [0.4, 0.5) is 0 Å². The van der Waals surface area contributed by atoms with Crippen molar-refractivity contribution in [2.75, 3.05) is 13.6 Å². The van der Waals surface area contributed by atoms with Gasteiger partial charge in [0.25, 0.3) is 0 Å². The van der Waals surface area contributed by atoms with Crippen molar-refractivity contribution >= 4 is 5.91 Å². The number of pyridine rings is 2. The van der Waals surface area contributed by atoms with E-state index in [-0.39, 0.29) is 5.91 Å². The number of aromatic nitrogens is 2. The fourth-order valence-corrected chi connectivity index (χ4v) is 3.87. The van der Waals surface area contributed by atoms with Crippen molar-refractivity contribution < 1.29 is 4.79 Å². The first-order valence-electron chi connectivity index (χ1n) is 9.01. The van der Waals surface area contributed by atoms with Gasteiger partial charge in [-0.25, -0.2) is 0 Å². The number of carbonyl (C=O) groups is 1. The van der Waals surface area contributed by atoms with Gasteiger partial charge >= 0.3 is 0 Å². The Balaban J connectivity index is 1.71. The van der Waals surface area contributed by atoms with Gasteiger partial charge in [-0.3, -0.25) is 19.7 Å². The average Bonchev–Trinajstić information content (AvgIpc) is 3.06. The van der Waals surface area contributed by atoms with Crippen LogP contribution in [-0.2, 0) is 17.8 Å². The van der Waals surface area contributed by atoms with Gasteiger partial charge in [0.1, 0.15) is 5.54 Å². The first-order chi connectivity index (χ1) is 12.2. The van der Waals surface area contributed by atoms with Crippen molar-refractivity contribution in [2.24, 2.45) is 0 Å². The lowest BCUT2D eigenvalue weighted by Gasteiger charge is -2.37. The van der Waals surface area contributed by atoms with Crippen molar-refractivity contribution in [3.8, 4) is 0 Å². The molecule has 1 aliphatic heterocycles. The summed E-state index contributed by atoms with van der Waals surface area (Å²) < 4.78 is 0. The zero-order valence-electron chi connectivity index (χ0n) is 14.8. The Kier molecular flexibility index (Phi) is 5.76. The first kappa shape index (κ1) is 17.5. The summed E-state index contributed by atoms with van der Waals surface area (Å²) in [5.74, 6) is 0.132. The maximum absolute atomic E-state index is 12.8. The van der Waals surface area contributed by atoms with Gasteiger partial charge in [0, 0.05) is 32.2 Å². The van der Waals surface area contributed by atoms with Gasteiger partial charge in [-0.15, -0.1) is 0 Å². The summed E-state index contributed by atoms with van der Waals surface area (Å²) in [6, 6.07) is 10.0. The lowest BCUT2D eigenvalue weighted by molar-refractivity contribution is -0.132. The molecule has 1 amide bonds. The molecule has 0 aliphatic carbocycles. The highest BCUT2D eigenvalue weighted by Gasteiger charge is 2.46. The standard InChI is InChI=1S/C20H26N4O/c1-21-19(25)20(10-4-7-17-8-5-12-22-15-17)11-6-14-24(20)16-18-9-2-3-13-23-18/h2-3,5,8-9,12-13,15H,4,6-7,10-11,14,16H2,1H3,(H,21,25)/t20-/m0/s1. The van der Waals surface area contributed by atoms with E-state index in [4.69, 9.17) is 0 Å². The Labute approximate surface area is 149 Å². The number of hydrogen-bond donors (Lipinski definition) is 1. The molecule has 5 nitrogen and oxygen atoms in total. The average molecular weight is 338 g/mol. The fraction of sp³-hybridized carbons (Fsp3) is 0.450. The van der Waals surface area contributed by atoms with E-state index in [2.05, 4.69) is 26.3 Å². The van der Waals surface area contributed by atoms with Crippen LogP contribution < -0.4 is 5.32 Å². The third kappa shape index (κ3) is 4.04. The molecular formula is C20H26N4O. The van der Waals surface area contributed by atoms with Gasteiger partial charge in [0.2, 0.25) is 5.91 Å². The molecule has 0 saturated carbocycles. The number of amides is 1. The molecule has 2 aromatic rings. The second kappa shape index (κ2) is 8.21. The smallest absolute Gasteiger partial charge is 0.240 e. The molecule has 5 heteroatoms. The number of carbonyl (C=O) groups excluding carboxylic acids is 1. The van der Waals surface area contributed by atoms with Crippen molar-refractivity contribution in [3.05, 3.63) is 60.2 Å². The van der Waals surface area contributed by atoms with Crippen LogP contribution in [0.2, 0.25) is 0 Å². The van der Waals surface area contributed by atoms with Crippen LogP contribution in [0.25, 0.3) is 0 Å². The molecule has 1 atom stereocenters. The highest BCUT2D eigenvalue weighted by atomic mass is 16.2. The maximum Gasteiger partial charge on any atom is 0.240 e. The molecule has 1 saturated heterocycles. The minimum Gasteiger partial charge on any atom is -0.358 e. The quantitative estimate of drug-likeness (QED) is 0.843. The zero-order chi connectivity index (χ0) is 17.5. The van der Waals surface area contributed by atoms with Crippen molar-refractivity contribution in [3.63, 3.8) is 0 Å². The van der Waals surface area contributed by atoms with Crippen molar-refractivity contribution in [2.45, 2.75) is 44.2 Å². The minimum atomic E-state index is -0.422. The van der Waals surface area contributed by atoms with Crippen LogP contribution >= 0.6 is 0 Å². The number of likely N-dealkylation sites (tertiary alicyclic amines) is 1. The Morgan fingerprint density at radius 2 is 2.20 bits per heavy atom. The Hall–Kier alpha value is -2.27. The van der Waals surface area contributed by atoms with Crippen LogP contribution in [0.15, 0.2) is 48.9 Å². The van der Waals surface area contributed by atoms with Gasteiger partial charge in [-0.05, 0) is 62.4 Å². The number of hydrogen-bond acceptors (Lipinski definition) is 4. The predicted molar refractivity (Wildman–Crippen MR) is 97.9 cm³/mol. The summed E-state index contributed by atoms with van der Waals surface area (Å²) in [7, 11) is 1.74. The number of nitrogens with one attached hydrogen (secondary N) is 1. The van der Waals surface area contributed by atoms with E-state index in [0.29, 0.717) is 0 Å². The molecule has 0 bridgehead atoms. The van der Waals surface area contributed by atoms with E-state index in [1.54, 1.807) is 13.2 Å². The lowest BCUT2D eigenvalue weighted by atomic mass is 9.87. The first-order valence-corrected chi connectivity index (χ1v) is 9.01. The summed E-state index contributed by atoms with van der Waals surface area (Å²) in [6.45, 7) is 1.66. The largest absolute Gasteiger partial charge is 0.358 e. The van der Waals surface area contributed by atoms with E-state index in [9.17, 15) is 4.79 Å². The van der Waals surface area contributed by atoms with Crippen molar-refractivity contribution in [1.29, 1.82) is 0 Å². The molecule has 2 aromatic heterocycles. The normalized spacial score (nSPS) is 20.5. The maximum atomic E-state index is 12.8. The van der Waals surface area contributed by atoms with E-state index in [1.807, 2.05) is 36.7 Å².